The normalized spacial score (nSPS) is 11.0. The van der Waals surface area contributed by atoms with E-state index in [-0.39, 0.29) is 0 Å². The number of nitrogens with two attached hydrogens (primary N) is 1. The van der Waals surface area contributed by atoms with Crippen molar-refractivity contribution >= 4 is 22.4 Å². The van der Waals surface area contributed by atoms with E-state index in [2.05, 4.69) is 35.0 Å². The third-order valence-electron chi connectivity index (χ3n) is 3.95. The lowest BCUT2D eigenvalue weighted by Crippen LogP contribution is -2.28. The van der Waals surface area contributed by atoms with Crippen molar-refractivity contribution in [2.75, 3.05) is 23.7 Å². The summed E-state index contributed by atoms with van der Waals surface area (Å²) in [6.45, 7) is 8.71. The maximum absolute atomic E-state index is 6.11. The first-order valence-electron chi connectivity index (χ1n) is 7.61. The number of rotatable bonds is 7. The molecule has 0 aliphatic heterocycles. The number of hydrogen-bond donors (Lipinski definition) is 1. The topological polar surface area (TPSA) is 55.0 Å². The van der Waals surface area contributed by atoms with Gasteiger partial charge in [0, 0.05) is 31.0 Å². The number of anilines is 2. The number of pyridine rings is 1. The van der Waals surface area contributed by atoms with Crippen LogP contribution in [-0.2, 0) is 0 Å². The Balaban J connectivity index is 2.35. The molecule has 2 aromatic heterocycles. The molecule has 0 aromatic carbocycles. The highest BCUT2D eigenvalue weighted by Crippen LogP contribution is 2.39. The van der Waals surface area contributed by atoms with Gasteiger partial charge in [0.2, 0.25) is 0 Å². The Morgan fingerprint density at radius 1 is 1.29 bits per heavy atom. The summed E-state index contributed by atoms with van der Waals surface area (Å²) in [5.41, 5.74) is 8.18. The molecule has 5 heteroatoms. The molecule has 4 nitrogen and oxygen atoms in total. The third-order valence-corrected chi connectivity index (χ3v) is 4.88. The molecule has 0 atom stereocenters. The zero-order chi connectivity index (χ0) is 15.2. The number of aromatic nitrogens is 2. The van der Waals surface area contributed by atoms with E-state index < -0.39 is 0 Å². The van der Waals surface area contributed by atoms with Crippen LogP contribution in [0.2, 0.25) is 0 Å². The minimum absolute atomic E-state index is 0.603. The maximum Gasteiger partial charge on any atom is 0.147 e. The standard InChI is InChI=1S/C16H24N4S/c1-4-12(5-2)11-20(6-3)16-14(15(17)19-21-16)13-8-7-9-18-10-13/h7-10,12H,4-6,11H2,1-3H3,(H2,17,19). The van der Waals surface area contributed by atoms with Crippen LogP contribution in [0.3, 0.4) is 0 Å². The third kappa shape index (κ3) is 3.53. The van der Waals surface area contributed by atoms with Crippen molar-refractivity contribution in [1.29, 1.82) is 0 Å². The Labute approximate surface area is 131 Å². The summed E-state index contributed by atoms with van der Waals surface area (Å²) in [7, 11) is 0. The Hall–Kier alpha value is -1.62. The van der Waals surface area contributed by atoms with Crippen LogP contribution in [0.5, 0.6) is 0 Å². The van der Waals surface area contributed by atoms with Crippen molar-refractivity contribution in [2.24, 2.45) is 5.92 Å². The van der Waals surface area contributed by atoms with Crippen LogP contribution < -0.4 is 10.6 Å². The molecule has 0 unspecified atom stereocenters. The Morgan fingerprint density at radius 3 is 2.62 bits per heavy atom. The van der Waals surface area contributed by atoms with Crippen LogP contribution in [0, 0.1) is 5.92 Å². The number of hydrogen-bond acceptors (Lipinski definition) is 5. The number of nitrogens with zero attached hydrogens (tertiary/aromatic N) is 3. The second-order valence-corrected chi connectivity index (χ2v) is 5.96. The summed E-state index contributed by atoms with van der Waals surface area (Å²) >= 11 is 1.49. The smallest absolute Gasteiger partial charge is 0.147 e. The van der Waals surface area contributed by atoms with E-state index in [1.165, 1.54) is 24.4 Å². The van der Waals surface area contributed by atoms with Crippen LogP contribution in [0.25, 0.3) is 11.1 Å². The average molecular weight is 304 g/mol. The lowest BCUT2D eigenvalue weighted by Gasteiger charge is -2.26. The predicted molar refractivity (Wildman–Crippen MR) is 91.7 cm³/mol. The van der Waals surface area contributed by atoms with E-state index in [0.717, 1.165) is 29.2 Å². The molecule has 0 saturated heterocycles. The molecule has 2 rings (SSSR count). The zero-order valence-corrected chi connectivity index (χ0v) is 13.9. The fraction of sp³-hybridized carbons (Fsp3) is 0.500. The molecule has 0 aliphatic rings. The summed E-state index contributed by atoms with van der Waals surface area (Å²) in [5.74, 6) is 1.31. The minimum Gasteiger partial charge on any atom is -0.382 e. The molecule has 0 bridgehead atoms. The van der Waals surface area contributed by atoms with Crippen molar-refractivity contribution in [2.45, 2.75) is 33.6 Å². The van der Waals surface area contributed by atoms with Gasteiger partial charge in [0.1, 0.15) is 10.8 Å². The average Bonchev–Trinajstić information content (AvgIpc) is 2.91. The lowest BCUT2D eigenvalue weighted by molar-refractivity contribution is 0.487. The molecule has 0 saturated carbocycles. The SMILES string of the molecule is CCC(CC)CN(CC)c1snc(N)c1-c1cccnc1. The first-order chi connectivity index (χ1) is 10.2. The summed E-state index contributed by atoms with van der Waals surface area (Å²) in [4.78, 5) is 6.60. The summed E-state index contributed by atoms with van der Waals surface area (Å²) in [6.07, 6.45) is 6.03. The highest BCUT2D eigenvalue weighted by atomic mass is 32.1. The first-order valence-corrected chi connectivity index (χ1v) is 8.38. The van der Waals surface area contributed by atoms with Crippen molar-refractivity contribution < 1.29 is 0 Å². The van der Waals surface area contributed by atoms with Crippen LogP contribution in [0.4, 0.5) is 10.8 Å². The molecule has 2 aromatic rings. The zero-order valence-electron chi connectivity index (χ0n) is 13.0. The van der Waals surface area contributed by atoms with Crippen molar-refractivity contribution in [1.82, 2.24) is 9.36 Å². The van der Waals surface area contributed by atoms with Crippen LogP contribution in [-0.4, -0.2) is 22.4 Å². The van der Waals surface area contributed by atoms with Crippen molar-refractivity contribution in [3.63, 3.8) is 0 Å². The minimum atomic E-state index is 0.603. The molecule has 0 fully saturated rings. The fourth-order valence-electron chi connectivity index (χ4n) is 2.51. The van der Waals surface area contributed by atoms with Crippen molar-refractivity contribution in [3.05, 3.63) is 24.5 Å². The molecule has 0 radical (unpaired) electrons. The van der Waals surface area contributed by atoms with Gasteiger partial charge < -0.3 is 10.6 Å². The Kier molecular flexibility index (Phi) is 5.56. The van der Waals surface area contributed by atoms with Gasteiger partial charge >= 0.3 is 0 Å². The second kappa shape index (κ2) is 7.41. The molecule has 2 N–H and O–H groups in total. The van der Waals surface area contributed by atoms with Gasteiger partial charge in [-0.2, -0.15) is 4.37 Å². The molecule has 114 valence electrons. The van der Waals surface area contributed by atoms with E-state index in [1.807, 2.05) is 18.3 Å². The van der Waals surface area contributed by atoms with Gasteiger partial charge in [-0.15, -0.1) is 0 Å². The Bertz CT molecular complexity index is 549. The van der Waals surface area contributed by atoms with E-state index in [0.29, 0.717) is 11.7 Å². The maximum atomic E-state index is 6.11. The van der Waals surface area contributed by atoms with E-state index >= 15 is 0 Å². The summed E-state index contributed by atoms with van der Waals surface area (Å²) < 4.78 is 4.37. The van der Waals surface area contributed by atoms with Crippen molar-refractivity contribution in [3.8, 4) is 11.1 Å². The largest absolute Gasteiger partial charge is 0.382 e. The molecule has 0 aliphatic carbocycles. The van der Waals surface area contributed by atoms with Crippen LogP contribution in [0.1, 0.15) is 33.6 Å². The highest BCUT2D eigenvalue weighted by molar-refractivity contribution is 7.11. The van der Waals surface area contributed by atoms with Gasteiger partial charge in [-0.25, -0.2) is 0 Å². The molecule has 0 amide bonds. The lowest BCUT2D eigenvalue weighted by atomic mass is 10.0. The van der Waals surface area contributed by atoms with Gasteiger partial charge in [-0.05, 0) is 30.4 Å². The van der Waals surface area contributed by atoms with Gasteiger partial charge in [0.25, 0.3) is 0 Å². The van der Waals surface area contributed by atoms with Gasteiger partial charge in [0.05, 0.1) is 5.56 Å². The van der Waals surface area contributed by atoms with E-state index in [9.17, 15) is 0 Å². The number of nitrogen functional groups attached to an aromatic ring is 1. The van der Waals surface area contributed by atoms with Gasteiger partial charge in [-0.1, -0.05) is 32.8 Å². The van der Waals surface area contributed by atoms with Gasteiger partial charge in [-0.3, -0.25) is 4.98 Å². The van der Waals surface area contributed by atoms with E-state index in [4.69, 9.17) is 5.73 Å². The summed E-state index contributed by atoms with van der Waals surface area (Å²) in [5, 5.41) is 1.16. The second-order valence-electron chi connectivity index (χ2n) is 5.21. The predicted octanol–water partition coefficient (Wildman–Crippen LogP) is 4.05. The van der Waals surface area contributed by atoms with Crippen LogP contribution in [0.15, 0.2) is 24.5 Å². The molecule has 0 spiro atoms. The molecular formula is C16H24N4S. The molecule has 21 heavy (non-hydrogen) atoms. The Morgan fingerprint density at radius 2 is 2.05 bits per heavy atom. The molecular weight excluding hydrogens is 280 g/mol. The highest BCUT2D eigenvalue weighted by Gasteiger charge is 2.20. The quantitative estimate of drug-likeness (QED) is 0.838. The molecule has 2 heterocycles. The fourth-order valence-corrected chi connectivity index (χ4v) is 3.41. The first kappa shape index (κ1) is 15.8. The van der Waals surface area contributed by atoms with Gasteiger partial charge in [0.15, 0.2) is 0 Å². The van der Waals surface area contributed by atoms with E-state index in [1.54, 1.807) is 6.20 Å². The monoisotopic (exact) mass is 304 g/mol. The summed E-state index contributed by atoms with van der Waals surface area (Å²) in [6, 6.07) is 3.98. The van der Waals surface area contributed by atoms with Crippen LogP contribution >= 0.6 is 11.5 Å².